The summed E-state index contributed by atoms with van der Waals surface area (Å²) in [4.78, 5) is 54.0. The Morgan fingerprint density at radius 3 is 1.60 bits per heavy atom. The highest BCUT2D eigenvalue weighted by Gasteiger charge is 2.31. The summed E-state index contributed by atoms with van der Waals surface area (Å²) in [6.07, 6.45) is -0.362. The first kappa shape index (κ1) is 41.0. The van der Waals surface area contributed by atoms with Crippen molar-refractivity contribution in [3.8, 4) is 23.7 Å². The van der Waals surface area contributed by atoms with E-state index in [9.17, 15) is 19.2 Å². The smallest absolute Gasteiger partial charge is 0.306 e. The molecule has 0 saturated heterocycles. The van der Waals surface area contributed by atoms with Gasteiger partial charge in [0.15, 0.2) is 0 Å². The summed E-state index contributed by atoms with van der Waals surface area (Å²) in [5.41, 5.74) is -1.65. The minimum absolute atomic E-state index is 0.00554. The molecule has 0 radical (unpaired) electrons. The number of hydrogen-bond donors (Lipinski definition) is 0. The molecule has 4 atom stereocenters. The van der Waals surface area contributed by atoms with Crippen molar-refractivity contribution in [3.63, 3.8) is 0 Å². The summed E-state index contributed by atoms with van der Waals surface area (Å²) in [5, 5.41) is 0. The highest BCUT2D eigenvalue weighted by Crippen LogP contribution is 2.21. The molecule has 0 aliphatic carbocycles. The third-order valence-electron chi connectivity index (χ3n) is 8.05. The molecular weight excluding hydrogens is 624 g/mol. The van der Waals surface area contributed by atoms with E-state index >= 15 is 0 Å². The Bertz CT molecular complexity index is 1200. The predicted molar refractivity (Wildman–Crippen MR) is 175 cm³/mol. The molecule has 0 aromatic heterocycles. The van der Waals surface area contributed by atoms with Crippen LogP contribution >= 0.6 is 0 Å². The highest BCUT2D eigenvalue weighted by molar-refractivity contribution is 5.82. The van der Waals surface area contributed by atoms with Gasteiger partial charge in [0, 0.05) is 73.6 Å². The summed E-state index contributed by atoms with van der Waals surface area (Å²) in [6.45, 7) is 8.88. The predicted octanol–water partition coefficient (Wildman–Crippen LogP) is 2.13. The van der Waals surface area contributed by atoms with E-state index in [1.165, 1.54) is 0 Å². The van der Waals surface area contributed by atoms with Crippen LogP contribution in [0.25, 0.3) is 0 Å². The molecule has 2 aliphatic heterocycles. The number of nitrogens with zero attached hydrogens (tertiary/aromatic N) is 2. The van der Waals surface area contributed by atoms with Gasteiger partial charge in [0.05, 0.1) is 44.7 Å². The SMILES string of the molecule is CO[C@H]1C#CCCN(C(=O)CCC(=O)OCCC(C)(C)OCC(C)(C)OC(=O)CCC(=O)N2CCC#C[C@H](OC)[C@@H](OC)C2)C[C@@H]1OC. The van der Waals surface area contributed by atoms with E-state index in [2.05, 4.69) is 23.7 Å². The van der Waals surface area contributed by atoms with Crippen LogP contribution in [0.5, 0.6) is 0 Å². The molecule has 0 unspecified atom stereocenters. The first-order valence-electron chi connectivity index (χ1n) is 16.4. The van der Waals surface area contributed by atoms with Gasteiger partial charge in [-0.1, -0.05) is 23.7 Å². The van der Waals surface area contributed by atoms with Crippen molar-refractivity contribution < 1.29 is 52.3 Å². The van der Waals surface area contributed by atoms with E-state index in [4.69, 9.17) is 33.2 Å². The molecule has 2 aliphatic rings. The van der Waals surface area contributed by atoms with Crippen LogP contribution in [-0.2, 0) is 52.3 Å². The van der Waals surface area contributed by atoms with Crippen LogP contribution in [0.4, 0.5) is 0 Å². The van der Waals surface area contributed by atoms with Crippen molar-refractivity contribution in [3.05, 3.63) is 0 Å². The molecule has 13 nitrogen and oxygen atoms in total. The van der Waals surface area contributed by atoms with Crippen molar-refractivity contribution >= 4 is 23.8 Å². The Morgan fingerprint density at radius 1 is 0.667 bits per heavy atom. The highest BCUT2D eigenvalue weighted by atomic mass is 16.6. The van der Waals surface area contributed by atoms with E-state index in [-0.39, 0.29) is 56.8 Å². The van der Waals surface area contributed by atoms with Crippen LogP contribution in [-0.4, -0.2) is 137 Å². The van der Waals surface area contributed by atoms with Gasteiger partial charge in [0.1, 0.15) is 30.0 Å². The largest absolute Gasteiger partial charge is 0.466 e. The molecule has 2 heterocycles. The molecule has 13 heteroatoms. The normalized spacial score (nSPS) is 21.7. The summed E-state index contributed by atoms with van der Waals surface area (Å²) in [6, 6.07) is 0. The quantitative estimate of drug-likeness (QED) is 0.165. The summed E-state index contributed by atoms with van der Waals surface area (Å²) < 4.78 is 38.7. The Labute approximate surface area is 285 Å². The fraction of sp³-hybridized carbons (Fsp3) is 0.771. The number of rotatable bonds is 17. The van der Waals surface area contributed by atoms with Gasteiger partial charge in [-0.3, -0.25) is 19.2 Å². The van der Waals surface area contributed by atoms with Crippen molar-refractivity contribution in [2.24, 2.45) is 0 Å². The Kier molecular flexibility index (Phi) is 17.4. The number of carbonyl (C=O) groups is 4. The van der Waals surface area contributed by atoms with Gasteiger partial charge in [-0.05, 0) is 27.7 Å². The van der Waals surface area contributed by atoms with E-state index in [0.29, 0.717) is 45.4 Å². The van der Waals surface area contributed by atoms with Crippen molar-refractivity contribution in [1.29, 1.82) is 0 Å². The molecule has 0 aromatic carbocycles. The van der Waals surface area contributed by atoms with E-state index in [1.807, 2.05) is 13.8 Å². The second-order valence-electron chi connectivity index (χ2n) is 12.9. The average molecular weight is 679 g/mol. The first-order chi connectivity index (χ1) is 22.7. The molecule has 270 valence electrons. The maximum atomic E-state index is 12.9. The zero-order valence-electron chi connectivity index (χ0n) is 29.9. The van der Waals surface area contributed by atoms with Crippen LogP contribution in [0.1, 0.15) is 72.6 Å². The van der Waals surface area contributed by atoms with Gasteiger partial charge in [-0.2, -0.15) is 0 Å². The van der Waals surface area contributed by atoms with Crippen molar-refractivity contribution in [1.82, 2.24) is 9.80 Å². The molecule has 2 amide bonds. The molecule has 0 fully saturated rings. The average Bonchev–Trinajstić information content (AvgIpc) is 3.02. The fourth-order valence-electron chi connectivity index (χ4n) is 5.04. The minimum atomic E-state index is -0.958. The standard InChI is InChI=1S/C35H54N2O11/c1-34(2,19-22-46-32(40)17-15-30(38)36-20-11-9-13-26(42-5)28(23-36)44-7)47-25-35(3,4)48-33(41)18-16-31(39)37-21-12-10-14-27(43-6)29(24-37)45-8/h26-29H,11-12,15-25H2,1-8H3/t26-,27-,28-,29-/m0/s1. The number of esters is 2. The molecule has 0 bridgehead atoms. The molecule has 0 spiro atoms. The monoisotopic (exact) mass is 678 g/mol. The van der Waals surface area contributed by atoms with Gasteiger partial charge in [-0.25, -0.2) is 0 Å². The van der Waals surface area contributed by atoms with Crippen LogP contribution in [0.2, 0.25) is 0 Å². The first-order valence-corrected chi connectivity index (χ1v) is 16.4. The second kappa shape index (κ2) is 20.3. The lowest BCUT2D eigenvalue weighted by Crippen LogP contribution is -2.45. The van der Waals surface area contributed by atoms with Crippen LogP contribution in [0.15, 0.2) is 0 Å². The van der Waals surface area contributed by atoms with E-state index in [1.54, 1.807) is 52.1 Å². The van der Waals surface area contributed by atoms with Gasteiger partial charge < -0.3 is 43.0 Å². The second-order valence-corrected chi connectivity index (χ2v) is 12.9. The zero-order chi connectivity index (χ0) is 35.7. The summed E-state index contributed by atoms with van der Waals surface area (Å²) in [5.74, 6) is 10.7. The Balaban J connectivity index is 1.71. The number of carbonyl (C=O) groups excluding carboxylic acids is 4. The summed E-state index contributed by atoms with van der Waals surface area (Å²) in [7, 11) is 6.20. The van der Waals surface area contributed by atoms with Crippen LogP contribution < -0.4 is 0 Å². The lowest BCUT2D eigenvalue weighted by atomic mass is 10.0. The molecule has 2 rings (SSSR count). The molecule has 0 N–H and O–H groups in total. The number of ether oxygens (including phenoxy) is 7. The maximum absolute atomic E-state index is 12.9. The van der Waals surface area contributed by atoms with Gasteiger partial charge in [0.2, 0.25) is 11.8 Å². The molecule has 0 aromatic rings. The maximum Gasteiger partial charge on any atom is 0.306 e. The fourth-order valence-corrected chi connectivity index (χ4v) is 5.04. The van der Waals surface area contributed by atoms with Crippen LogP contribution in [0.3, 0.4) is 0 Å². The number of amides is 2. The van der Waals surface area contributed by atoms with E-state index in [0.717, 1.165) is 0 Å². The van der Waals surface area contributed by atoms with Crippen molar-refractivity contribution in [2.45, 2.75) is 108 Å². The third kappa shape index (κ3) is 14.5. The van der Waals surface area contributed by atoms with E-state index < -0.39 is 41.5 Å². The lowest BCUT2D eigenvalue weighted by Gasteiger charge is -2.32. The van der Waals surface area contributed by atoms with Gasteiger partial charge >= 0.3 is 11.9 Å². The van der Waals surface area contributed by atoms with Gasteiger partial charge in [0.25, 0.3) is 0 Å². The Morgan fingerprint density at radius 2 is 1.15 bits per heavy atom. The zero-order valence-corrected chi connectivity index (χ0v) is 29.9. The van der Waals surface area contributed by atoms with Crippen molar-refractivity contribution in [2.75, 3.05) is 67.8 Å². The number of hydrogen-bond acceptors (Lipinski definition) is 11. The minimum Gasteiger partial charge on any atom is -0.466 e. The van der Waals surface area contributed by atoms with Gasteiger partial charge in [-0.15, -0.1) is 0 Å². The Hall–Kier alpha value is -3.20. The summed E-state index contributed by atoms with van der Waals surface area (Å²) >= 11 is 0. The third-order valence-corrected chi connectivity index (χ3v) is 8.05. The van der Waals surface area contributed by atoms with Crippen LogP contribution in [0, 0.1) is 23.7 Å². The molecular formula is C35H54N2O11. The number of methoxy groups -OCH3 is 4. The molecule has 48 heavy (non-hydrogen) atoms. The molecule has 0 saturated carbocycles. The lowest BCUT2D eigenvalue weighted by molar-refractivity contribution is -0.171. The topological polar surface area (TPSA) is 139 Å².